The first-order valence-electron chi connectivity index (χ1n) is 7.80. The van der Waals surface area contributed by atoms with Crippen LogP contribution in [-0.4, -0.2) is 49.3 Å². The van der Waals surface area contributed by atoms with Gasteiger partial charge in [0.1, 0.15) is 0 Å². The number of thioether (sulfide) groups is 1. The second-order valence-electron chi connectivity index (χ2n) is 6.97. The van der Waals surface area contributed by atoms with E-state index in [-0.39, 0.29) is 0 Å². The lowest BCUT2D eigenvalue weighted by molar-refractivity contribution is -0.0303. The normalized spacial score (nSPS) is 39.6. The average Bonchev–Trinajstić information content (AvgIpc) is 2.61. The lowest BCUT2D eigenvalue weighted by atomic mass is 9.63. The highest BCUT2D eigenvalue weighted by Crippen LogP contribution is 2.60. The highest BCUT2D eigenvalue weighted by molar-refractivity contribution is 7.98. The van der Waals surface area contributed by atoms with E-state index in [1.54, 1.807) is 0 Å². The van der Waals surface area contributed by atoms with E-state index in [1.165, 1.54) is 18.6 Å². The molecule has 1 aliphatic heterocycles. The van der Waals surface area contributed by atoms with Crippen LogP contribution in [0, 0.1) is 16.7 Å². The zero-order chi connectivity index (χ0) is 14.1. The third kappa shape index (κ3) is 2.47. The molecule has 1 saturated carbocycles. The fraction of sp³-hybridized carbons (Fsp3) is 1.00. The van der Waals surface area contributed by atoms with Crippen molar-refractivity contribution >= 4 is 11.8 Å². The van der Waals surface area contributed by atoms with Crippen LogP contribution in [-0.2, 0) is 4.74 Å². The second kappa shape index (κ2) is 5.95. The molecule has 3 heteroatoms. The van der Waals surface area contributed by atoms with Gasteiger partial charge in [0.15, 0.2) is 0 Å². The fourth-order valence-corrected chi connectivity index (χ4v) is 5.78. The summed E-state index contributed by atoms with van der Waals surface area (Å²) in [5.74, 6) is 2.11. The molecule has 1 aliphatic carbocycles. The fourth-order valence-electron chi connectivity index (χ4n) is 4.50. The lowest BCUT2D eigenvalue weighted by Crippen LogP contribution is -2.54. The highest BCUT2D eigenvalue weighted by atomic mass is 32.2. The molecule has 2 fully saturated rings. The van der Waals surface area contributed by atoms with Crippen LogP contribution in [0.5, 0.6) is 0 Å². The summed E-state index contributed by atoms with van der Waals surface area (Å²) in [5, 5.41) is 0. The average molecular weight is 285 g/mol. The van der Waals surface area contributed by atoms with Gasteiger partial charge in [0, 0.05) is 30.3 Å². The summed E-state index contributed by atoms with van der Waals surface area (Å²) in [4.78, 5) is 2.73. The smallest absolute Gasteiger partial charge is 0.0594 e. The van der Waals surface area contributed by atoms with E-state index in [0.29, 0.717) is 10.8 Å². The lowest BCUT2D eigenvalue weighted by Gasteiger charge is -2.49. The number of morpholine rings is 1. The Morgan fingerprint density at radius 2 is 1.89 bits per heavy atom. The molecular weight excluding hydrogens is 254 g/mol. The number of nitrogens with zero attached hydrogens (tertiary/aromatic N) is 1. The molecule has 2 aliphatic rings. The summed E-state index contributed by atoms with van der Waals surface area (Å²) in [6.07, 6.45) is 4.93. The first-order valence-corrected chi connectivity index (χ1v) is 9.19. The van der Waals surface area contributed by atoms with Gasteiger partial charge >= 0.3 is 0 Å². The van der Waals surface area contributed by atoms with Gasteiger partial charge in [0.2, 0.25) is 0 Å². The van der Waals surface area contributed by atoms with E-state index in [1.807, 2.05) is 11.8 Å². The molecule has 0 bridgehead atoms. The zero-order valence-electron chi connectivity index (χ0n) is 13.4. The Bertz CT molecular complexity index is 301. The van der Waals surface area contributed by atoms with Crippen LogP contribution in [0.25, 0.3) is 0 Å². The Kier molecular flexibility index (Phi) is 4.90. The summed E-state index contributed by atoms with van der Waals surface area (Å²) < 4.78 is 5.55. The third-order valence-corrected chi connectivity index (χ3v) is 7.05. The van der Waals surface area contributed by atoms with Gasteiger partial charge in [-0.25, -0.2) is 0 Å². The van der Waals surface area contributed by atoms with Crippen molar-refractivity contribution < 1.29 is 4.74 Å². The molecule has 0 amide bonds. The van der Waals surface area contributed by atoms with Crippen LogP contribution in [0.4, 0.5) is 0 Å². The maximum absolute atomic E-state index is 5.55. The number of hydrogen-bond donors (Lipinski definition) is 0. The molecule has 112 valence electrons. The molecule has 19 heavy (non-hydrogen) atoms. The molecular formula is C16H31NOS. The molecule has 3 atom stereocenters. The minimum Gasteiger partial charge on any atom is -0.379 e. The molecule has 0 radical (unpaired) electrons. The van der Waals surface area contributed by atoms with Crippen LogP contribution in [0.2, 0.25) is 0 Å². The van der Waals surface area contributed by atoms with Gasteiger partial charge in [-0.15, -0.1) is 0 Å². The SMILES string of the molecule is CCC1(CSC)C(N2CCOCC2)CC(C)C1(C)C. The molecule has 1 saturated heterocycles. The number of rotatable bonds is 4. The Morgan fingerprint density at radius 3 is 2.42 bits per heavy atom. The molecule has 0 aromatic carbocycles. The van der Waals surface area contributed by atoms with E-state index < -0.39 is 0 Å². The van der Waals surface area contributed by atoms with Gasteiger partial charge in [0.25, 0.3) is 0 Å². The Morgan fingerprint density at radius 1 is 1.26 bits per heavy atom. The van der Waals surface area contributed by atoms with Crippen LogP contribution in [0.1, 0.15) is 40.5 Å². The van der Waals surface area contributed by atoms with Crippen molar-refractivity contribution in [2.45, 2.75) is 46.6 Å². The summed E-state index contributed by atoms with van der Waals surface area (Å²) >= 11 is 2.04. The third-order valence-electron chi connectivity index (χ3n) is 6.25. The van der Waals surface area contributed by atoms with Crippen molar-refractivity contribution in [1.82, 2.24) is 4.90 Å². The molecule has 3 unspecified atom stereocenters. The van der Waals surface area contributed by atoms with Gasteiger partial charge in [-0.1, -0.05) is 27.7 Å². The predicted molar refractivity (Wildman–Crippen MR) is 84.8 cm³/mol. The van der Waals surface area contributed by atoms with E-state index in [4.69, 9.17) is 4.74 Å². The first kappa shape index (κ1) is 15.7. The molecule has 0 N–H and O–H groups in total. The summed E-state index contributed by atoms with van der Waals surface area (Å²) in [6.45, 7) is 14.0. The zero-order valence-corrected chi connectivity index (χ0v) is 14.2. The van der Waals surface area contributed by atoms with Gasteiger partial charge in [0.05, 0.1) is 13.2 Å². The molecule has 2 nitrogen and oxygen atoms in total. The minimum absolute atomic E-state index is 0.438. The van der Waals surface area contributed by atoms with Gasteiger partial charge in [-0.3, -0.25) is 4.90 Å². The quantitative estimate of drug-likeness (QED) is 0.784. The Hall–Kier alpha value is 0.270. The standard InChI is InChI=1S/C16H31NOS/c1-6-16(12-19-5)14(11-13(2)15(16,3)4)17-7-9-18-10-8-17/h13-14H,6-12H2,1-5H3. The summed E-state index contributed by atoms with van der Waals surface area (Å²) in [7, 11) is 0. The van der Waals surface area contributed by atoms with Crippen molar-refractivity contribution in [3.8, 4) is 0 Å². The van der Waals surface area contributed by atoms with E-state index in [0.717, 1.165) is 38.3 Å². The monoisotopic (exact) mass is 285 g/mol. The first-order chi connectivity index (χ1) is 8.99. The van der Waals surface area contributed by atoms with Crippen LogP contribution >= 0.6 is 11.8 Å². The van der Waals surface area contributed by atoms with E-state index in [2.05, 4.69) is 38.9 Å². The Labute approximate surface area is 123 Å². The maximum Gasteiger partial charge on any atom is 0.0594 e. The molecule has 0 spiro atoms. The summed E-state index contributed by atoms with van der Waals surface area (Å²) in [5.41, 5.74) is 0.900. The molecule has 2 rings (SSSR count). The molecule has 0 aromatic rings. The van der Waals surface area contributed by atoms with Crippen molar-refractivity contribution in [2.75, 3.05) is 38.3 Å². The number of hydrogen-bond acceptors (Lipinski definition) is 3. The van der Waals surface area contributed by atoms with Gasteiger partial charge in [-0.2, -0.15) is 11.8 Å². The van der Waals surface area contributed by atoms with Crippen molar-refractivity contribution in [3.63, 3.8) is 0 Å². The predicted octanol–water partition coefficient (Wildman–Crippen LogP) is 3.51. The highest BCUT2D eigenvalue weighted by Gasteiger charge is 2.58. The van der Waals surface area contributed by atoms with Crippen LogP contribution in [0.15, 0.2) is 0 Å². The summed E-state index contributed by atoms with van der Waals surface area (Å²) in [6, 6.07) is 0.749. The van der Waals surface area contributed by atoms with Crippen LogP contribution < -0.4 is 0 Å². The largest absolute Gasteiger partial charge is 0.379 e. The topological polar surface area (TPSA) is 12.5 Å². The van der Waals surface area contributed by atoms with Crippen LogP contribution in [0.3, 0.4) is 0 Å². The Balaban J connectivity index is 2.29. The molecule has 1 heterocycles. The minimum atomic E-state index is 0.438. The second-order valence-corrected chi connectivity index (χ2v) is 7.83. The van der Waals surface area contributed by atoms with Crippen molar-refractivity contribution in [2.24, 2.45) is 16.7 Å². The molecule has 0 aromatic heterocycles. The van der Waals surface area contributed by atoms with Gasteiger partial charge < -0.3 is 4.74 Å². The number of ether oxygens (including phenoxy) is 1. The van der Waals surface area contributed by atoms with E-state index in [9.17, 15) is 0 Å². The van der Waals surface area contributed by atoms with E-state index >= 15 is 0 Å². The van der Waals surface area contributed by atoms with Gasteiger partial charge in [-0.05, 0) is 30.4 Å². The van der Waals surface area contributed by atoms with Crippen molar-refractivity contribution in [1.29, 1.82) is 0 Å². The van der Waals surface area contributed by atoms with Crippen molar-refractivity contribution in [3.05, 3.63) is 0 Å². The maximum atomic E-state index is 5.55.